The highest BCUT2D eigenvalue weighted by Crippen LogP contribution is 2.11. The summed E-state index contributed by atoms with van der Waals surface area (Å²) < 4.78 is 23.9. The minimum absolute atomic E-state index is 0.0894. The first-order chi connectivity index (χ1) is 12.7. The maximum atomic E-state index is 13.0. The SMILES string of the molecule is O=C(NCC1CN(Cc2ccc(F)cc2)CCO1)OCc1ccccc1. The van der Waals surface area contributed by atoms with Crippen LogP contribution in [0.4, 0.5) is 9.18 Å². The average Bonchev–Trinajstić information content (AvgIpc) is 2.68. The predicted molar refractivity (Wildman–Crippen MR) is 96.0 cm³/mol. The van der Waals surface area contributed by atoms with Crippen molar-refractivity contribution >= 4 is 6.09 Å². The number of hydrogen-bond acceptors (Lipinski definition) is 4. The Bertz CT molecular complexity index is 694. The molecule has 5 nitrogen and oxygen atoms in total. The molecule has 0 aromatic heterocycles. The van der Waals surface area contributed by atoms with E-state index < -0.39 is 6.09 Å². The summed E-state index contributed by atoms with van der Waals surface area (Å²) in [7, 11) is 0. The standard InChI is InChI=1S/C20H23FN2O3/c21-18-8-6-16(7-9-18)13-23-10-11-25-19(14-23)12-22-20(24)26-15-17-4-2-1-3-5-17/h1-9,19H,10-15H2,(H,22,24). The van der Waals surface area contributed by atoms with Crippen LogP contribution in [0.5, 0.6) is 0 Å². The Kier molecular flexibility index (Phi) is 6.57. The van der Waals surface area contributed by atoms with Gasteiger partial charge >= 0.3 is 6.09 Å². The van der Waals surface area contributed by atoms with Crippen molar-refractivity contribution in [2.75, 3.05) is 26.2 Å². The van der Waals surface area contributed by atoms with E-state index in [-0.39, 0.29) is 18.5 Å². The fourth-order valence-electron chi connectivity index (χ4n) is 2.87. The lowest BCUT2D eigenvalue weighted by atomic mass is 10.2. The highest BCUT2D eigenvalue weighted by molar-refractivity contribution is 5.67. The first-order valence-corrected chi connectivity index (χ1v) is 8.72. The number of alkyl carbamates (subject to hydrolysis) is 1. The van der Waals surface area contributed by atoms with Crippen molar-refractivity contribution in [2.24, 2.45) is 0 Å². The molecule has 0 bridgehead atoms. The molecular weight excluding hydrogens is 335 g/mol. The normalized spacial score (nSPS) is 17.7. The van der Waals surface area contributed by atoms with Crippen LogP contribution in [0.2, 0.25) is 0 Å². The molecule has 1 heterocycles. The zero-order chi connectivity index (χ0) is 18.2. The van der Waals surface area contributed by atoms with Gasteiger partial charge in [0, 0.05) is 26.2 Å². The van der Waals surface area contributed by atoms with Crippen molar-refractivity contribution in [3.63, 3.8) is 0 Å². The lowest BCUT2D eigenvalue weighted by Crippen LogP contribution is -2.47. The van der Waals surface area contributed by atoms with Crippen molar-refractivity contribution in [1.29, 1.82) is 0 Å². The van der Waals surface area contributed by atoms with Gasteiger partial charge < -0.3 is 14.8 Å². The van der Waals surface area contributed by atoms with Crippen molar-refractivity contribution in [1.82, 2.24) is 10.2 Å². The lowest BCUT2D eigenvalue weighted by molar-refractivity contribution is -0.0298. The Hall–Kier alpha value is -2.44. The summed E-state index contributed by atoms with van der Waals surface area (Å²) in [5.74, 6) is -0.230. The number of nitrogens with zero attached hydrogens (tertiary/aromatic N) is 1. The van der Waals surface area contributed by atoms with Crippen molar-refractivity contribution < 1.29 is 18.7 Å². The number of halogens is 1. The molecule has 1 N–H and O–H groups in total. The zero-order valence-corrected chi connectivity index (χ0v) is 14.6. The molecule has 138 valence electrons. The second kappa shape index (κ2) is 9.31. The molecule has 0 spiro atoms. The van der Waals surface area contributed by atoms with Gasteiger partial charge in [0.05, 0.1) is 12.7 Å². The van der Waals surface area contributed by atoms with Gasteiger partial charge in [0.2, 0.25) is 0 Å². The van der Waals surface area contributed by atoms with Crippen LogP contribution < -0.4 is 5.32 Å². The third-order valence-corrected chi connectivity index (χ3v) is 4.23. The minimum atomic E-state index is -0.451. The summed E-state index contributed by atoms with van der Waals surface area (Å²) in [5, 5.41) is 2.75. The van der Waals surface area contributed by atoms with Gasteiger partial charge in [-0.15, -0.1) is 0 Å². The third kappa shape index (κ3) is 5.82. The Balaban J connectivity index is 1.39. The number of morpholine rings is 1. The average molecular weight is 358 g/mol. The highest BCUT2D eigenvalue weighted by atomic mass is 19.1. The number of ether oxygens (including phenoxy) is 2. The minimum Gasteiger partial charge on any atom is -0.445 e. The summed E-state index contributed by atoms with van der Waals surface area (Å²) in [5.41, 5.74) is 2.00. The molecule has 1 unspecified atom stereocenters. The van der Waals surface area contributed by atoms with Gasteiger partial charge in [0.15, 0.2) is 0 Å². The Morgan fingerprint density at radius 1 is 1.15 bits per heavy atom. The quantitative estimate of drug-likeness (QED) is 0.863. The van der Waals surface area contributed by atoms with Crippen LogP contribution >= 0.6 is 0 Å². The largest absolute Gasteiger partial charge is 0.445 e. The molecule has 0 saturated carbocycles. The van der Waals surface area contributed by atoms with E-state index in [1.54, 1.807) is 12.1 Å². The van der Waals surface area contributed by atoms with E-state index in [0.29, 0.717) is 19.7 Å². The van der Waals surface area contributed by atoms with Crippen LogP contribution in [0, 0.1) is 5.82 Å². The molecule has 1 aliphatic heterocycles. The van der Waals surface area contributed by atoms with Gasteiger partial charge in [-0.2, -0.15) is 0 Å². The van der Waals surface area contributed by atoms with Crippen LogP contribution in [-0.2, 0) is 22.6 Å². The van der Waals surface area contributed by atoms with E-state index in [0.717, 1.165) is 24.2 Å². The molecule has 0 radical (unpaired) electrons. The van der Waals surface area contributed by atoms with Gasteiger partial charge in [-0.1, -0.05) is 42.5 Å². The first kappa shape index (κ1) is 18.4. The molecule has 2 aromatic rings. The van der Waals surface area contributed by atoms with Gasteiger partial charge in [-0.05, 0) is 23.3 Å². The molecule has 26 heavy (non-hydrogen) atoms. The van der Waals surface area contributed by atoms with E-state index >= 15 is 0 Å². The fraction of sp³-hybridized carbons (Fsp3) is 0.350. The number of benzene rings is 2. The number of nitrogens with one attached hydrogen (secondary N) is 1. The maximum absolute atomic E-state index is 13.0. The van der Waals surface area contributed by atoms with E-state index in [1.165, 1.54) is 12.1 Å². The topological polar surface area (TPSA) is 50.8 Å². The van der Waals surface area contributed by atoms with E-state index in [1.807, 2.05) is 30.3 Å². The van der Waals surface area contributed by atoms with Gasteiger partial charge in [0.25, 0.3) is 0 Å². The summed E-state index contributed by atoms with van der Waals surface area (Å²) in [6.45, 7) is 3.50. The van der Waals surface area contributed by atoms with Crippen LogP contribution in [0.1, 0.15) is 11.1 Å². The molecule has 1 amide bonds. The number of carbonyl (C=O) groups is 1. The second-order valence-electron chi connectivity index (χ2n) is 6.30. The third-order valence-electron chi connectivity index (χ3n) is 4.23. The van der Waals surface area contributed by atoms with E-state index in [2.05, 4.69) is 10.2 Å². The number of amides is 1. The van der Waals surface area contributed by atoms with Crippen LogP contribution in [0.15, 0.2) is 54.6 Å². The van der Waals surface area contributed by atoms with Gasteiger partial charge in [-0.3, -0.25) is 4.90 Å². The van der Waals surface area contributed by atoms with Crippen LogP contribution in [0.3, 0.4) is 0 Å². The number of rotatable bonds is 6. The molecule has 1 aliphatic rings. The van der Waals surface area contributed by atoms with Gasteiger partial charge in [-0.25, -0.2) is 9.18 Å². The predicted octanol–water partition coefficient (Wildman–Crippen LogP) is 2.95. The molecule has 6 heteroatoms. The van der Waals surface area contributed by atoms with E-state index in [9.17, 15) is 9.18 Å². The van der Waals surface area contributed by atoms with Crippen LogP contribution in [-0.4, -0.2) is 43.3 Å². The Morgan fingerprint density at radius 2 is 1.92 bits per heavy atom. The van der Waals surface area contributed by atoms with Crippen molar-refractivity contribution in [3.8, 4) is 0 Å². The Morgan fingerprint density at radius 3 is 2.69 bits per heavy atom. The first-order valence-electron chi connectivity index (χ1n) is 8.72. The van der Waals surface area contributed by atoms with E-state index in [4.69, 9.17) is 9.47 Å². The van der Waals surface area contributed by atoms with Crippen molar-refractivity contribution in [2.45, 2.75) is 19.3 Å². The monoisotopic (exact) mass is 358 g/mol. The molecule has 3 rings (SSSR count). The van der Waals surface area contributed by atoms with Gasteiger partial charge in [0.1, 0.15) is 12.4 Å². The smallest absolute Gasteiger partial charge is 0.407 e. The summed E-state index contributed by atoms with van der Waals surface area (Å²) in [6.07, 6.45) is -0.540. The second-order valence-corrected chi connectivity index (χ2v) is 6.30. The molecule has 2 aromatic carbocycles. The molecule has 0 aliphatic carbocycles. The maximum Gasteiger partial charge on any atom is 0.407 e. The Labute approximate surface area is 152 Å². The molecular formula is C20H23FN2O3. The summed E-state index contributed by atoms with van der Waals surface area (Å²) in [4.78, 5) is 14.1. The number of hydrogen-bond donors (Lipinski definition) is 1. The molecule has 1 atom stereocenters. The fourth-order valence-corrected chi connectivity index (χ4v) is 2.87. The molecule has 1 saturated heterocycles. The summed E-state index contributed by atoms with van der Waals surface area (Å²) in [6, 6.07) is 16.1. The summed E-state index contributed by atoms with van der Waals surface area (Å²) >= 11 is 0. The number of carbonyl (C=O) groups excluding carboxylic acids is 1. The highest BCUT2D eigenvalue weighted by Gasteiger charge is 2.21. The van der Waals surface area contributed by atoms with Crippen molar-refractivity contribution in [3.05, 3.63) is 71.5 Å². The molecule has 1 fully saturated rings. The lowest BCUT2D eigenvalue weighted by Gasteiger charge is -2.33. The zero-order valence-electron chi connectivity index (χ0n) is 14.6. The van der Waals surface area contributed by atoms with Crippen LogP contribution in [0.25, 0.3) is 0 Å².